The molecule has 0 bridgehead atoms. The average molecular weight is 317 g/mol. The number of hydrogen-bond acceptors (Lipinski definition) is 1. The number of nitrogens with one attached hydrogen (secondary N) is 1. The molecule has 0 spiro atoms. The number of benzene rings is 1. The zero-order chi connectivity index (χ0) is 11.2. The Kier molecular flexibility index (Phi) is 2.53. The van der Waals surface area contributed by atoms with Crippen molar-refractivity contribution in [2.45, 2.75) is 26.3 Å². The van der Waals surface area contributed by atoms with Gasteiger partial charge in [-0.2, -0.15) is 0 Å². The van der Waals surface area contributed by atoms with Gasteiger partial charge in [0.25, 0.3) is 0 Å². The third-order valence-electron chi connectivity index (χ3n) is 2.50. The van der Waals surface area contributed by atoms with E-state index in [0.717, 1.165) is 14.7 Å². The fourth-order valence-electron chi connectivity index (χ4n) is 1.99. The number of rotatable bonds is 0. The fraction of sp³-hybridized carbons (Fsp3) is 0.333. The van der Waals surface area contributed by atoms with Crippen LogP contribution >= 0.6 is 22.6 Å². The Hall–Kier alpha value is -0.580. The summed E-state index contributed by atoms with van der Waals surface area (Å²) in [5.74, 6) is -0.169. The van der Waals surface area contributed by atoms with Crippen LogP contribution in [0.5, 0.6) is 0 Å². The van der Waals surface area contributed by atoms with E-state index in [-0.39, 0.29) is 11.4 Å². The van der Waals surface area contributed by atoms with Gasteiger partial charge in [0.2, 0.25) is 0 Å². The Morgan fingerprint density at radius 1 is 1.33 bits per heavy atom. The lowest BCUT2D eigenvalue weighted by molar-refractivity contribution is 0.614. The van der Waals surface area contributed by atoms with Crippen LogP contribution in [0, 0.1) is 9.39 Å². The Labute approximate surface area is 103 Å². The molecule has 1 heterocycles. The first-order valence-corrected chi connectivity index (χ1v) is 5.94. The molecule has 0 radical (unpaired) electrons. The van der Waals surface area contributed by atoms with Crippen molar-refractivity contribution in [3.8, 4) is 0 Å². The van der Waals surface area contributed by atoms with Crippen LogP contribution in [0.1, 0.15) is 26.3 Å². The molecule has 1 aliphatic heterocycles. The molecular weight excluding hydrogens is 304 g/mol. The van der Waals surface area contributed by atoms with Crippen LogP contribution in [0.25, 0.3) is 5.57 Å². The Morgan fingerprint density at radius 3 is 2.67 bits per heavy atom. The molecule has 1 N–H and O–H groups in total. The van der Waals surface area contributed by atoms with Crippen molar-refractivity contribution in [3.63, 3.8) is 0 Å². The van der Waals surface area contributed by atoms with Gasteiger partial charge in [-0.25, -0.2) is 4.39 Å². The lowest BCUT2D eigenvalue weighted by Crippen LogP contribution is -2.32. The predicted octanol–water partition coefficient (Wildman–Crippen LogP) is 4.04. The summed E-state index contributed by atoms with van der Waals surface area (Å²) in [5.41, 5.74) is 2.55. The smallest absolute Gasteiger partial charge is 0.147 e. The zero-order valence-corrected chi connectivity index (χ0v) is 11.1. The van der Waals surface area contributed by atoms with Crippen LogP contribution in [-0.4, -0.2) is 5.54 Å². The lowest BCUT2D eigenvalue weighted by atomic mass is 9.91. The molecule has 0 fully saturated rings. The highest BCUT2D eigenvalue weighted by Gasteiger charge is 2.24. The molecule has 2 rings (SSSR count). The molecule has 0 unspecified atom stereocenters. The van der Waals surface area contributed by atoms with E-state index < -0.39 is 0 Å². The van der Waals surface area contributed by atoms with Crippen LogP contribution in [0.2, 0.25) is 0 Å². The number of halogens is 2. The van der Waals surface area contributed by atoms with E-state index in [1.807, 2.05) is 26.8 Å². The van der Waals surface area contributed by atoms with E-state index in [1.165, 1.54) is 0 Å². The highest BCUT2D eigenvalue weighted by molar-refractivity contribution is 14.1. The lowest BCUT2D eigenvalue weighted by Gasteiger charge is -2.31. The van der Waals surface area contributed by atoms with Gasteiger partial charge in [-0.1, -0.05) is 6.08 Å². The molecule has 0 amide bonds. The van der Waals surface area contributed by atoms with Gasteiger partial charge in [-0.05, 0) is 61.1 Å². The van der Waals surface area contributed by atoms with Crippen molar-refractivity contribution in [2.75, 3.05) is 5.32 Å². The van der Waals surface area contributed by atoms with Gasteiger partial charge < -0.3 is 5.32 Å². The van der Waals surface area contributed by atoms with E-state index in [1.54, 1.807) is 6.07 Å². The summed E-state index contributed by atoms with van der Waals surface area (Å²) in [6.45, 7) is 6.10. The predicted molar refractivity (Wildman–Crippen MR) is 70.5 cm³/mol. The van der Waals surface area contributed by atoms with E-state index in [4.69, 9.17) is 0 Å². The normalized spacial score (nSPS) is 17.8. The van der Waals surface area contributed by atoms with E-state index >= 15 is 0 Å². The Balaban J connectivity index is 2.65. The third kappa shape index (κ3) is 2.02. The topological polar surface area (TPSA) is 12.0 Å². The molecule has 80 valence electrons. The Bertz CT molecular complexity index is 449. The molecule has 1 nitrogen and oxygen atoms in total. The van der Waals surface area contributed by atoms with Gasteiger partial charge in [0, 0.05) is 9.13 Å². The largest absolute Gasteiger partial charge is 0.374 e. The number of fused-ring (bicyclic) bond motifs is 1. The maximum absolute atomic E-state index is 13.8. The van der Waals surface area contributed by atoms with E-state index in [0.29, 0.717) is 5.69 Å². The summed E-state index contributed by atoms with van der Waals surface area (Å²) in [4.78, 5) is 0. The molecule has 3 heteroatoms. The zero-order valence-electron chi connectivity index (χ0n) is 8.99. The maximum atomic E-state index is 13.8. The number of hydrogen-bond donors (Lipinski definition) is 1. The minimum absolute atomic E-state index is 0.169. The monoisotopic (exact) mass is 317 g/mol. The first kappa shape index (κ1) is 10.9. The molecule has 1 aliphatic rings. The van der Waals surface area contributed by atoms with Crippen molar-refractivity contribution in [1.29, 1.82) is 0 Å². The third-order valence-corrected chi connectivity index (χ3v) is 3.13. The standard InChI is InChI=1S/C12H13FIN/c1-7-6-12(2,3)15-11-9(7)4-8(14)5-10(11)13/h4-6,15H,1-3H3. The van der Waals surface area contributed by atoms with Gasteiger partial charge >= 0.3 is 0 Å². The molecule has 0 atom stereocenters. The molecule has 1 aromatic rings. The second-order valence-electron chi connectivity index (χ2n) is 4.48. The molecule has 0 saturated carbocycles. The van der Waals surface area contributed by atoms with Crippen LogP contribution in [0.4, 0.5) is 10.1 Å². The summed E-state index contributed by atoms with van der Waals surface area (Å²) >= 11 is 2.14. The molecule has 0 aliphatic carbocycles. The molecule has 1 aromatic carbocycles. The van der Waals surface area contributed by atoms with Crippen molar-refractivity contribution >= 4 is 33.9 Å². The van der Waals surface area contributed by atoms with Crippen molar-refractivity contribution in [3.05, 3.63) is 33.2 Å². The molecule has 15 heavy (non-hydrogen) atoms. The van der Waals surface area contributed by atoms with Gasteiger partial charge in [-0.15, -0.1) is 0 Å². The second kappa shape index (κ2) is 3.47. The second-order valence-corrected chi connectivity index (χ2v) is 5.73. The van der Waals surface area contributed by atoms with Crippen LogP contribution in [-0.2, 0) is 0 Å². The first-order valence-electron chi connectivity index (χ1n) is 4.86. The van der Waals surface area contributed by atoms with Crippen LogP contribution in [0.15, 0.2) is 18.2 Å². The number of anilines is 1. The summed E-state index contributed by atoms with van der Waals surface area (Å²) in [7, 11) is 0. The quantitative estimate of drug-likeness (QED) is 0.712. The first-order chi connectivity index (χ1) is 6.89. The maximum Gasteiger partial charge on any atom is 0.147 e. The molecule has 0 aromatic heterocycles. The van der Waals surface area contributed by atoms with Gasteiger partial charge in [0.15, 0.2) is 0 Å². The van der Waals surface area contributed by atoms with Gasteiger partial charge in [-0.3, -0.25) is 0 Å². The average Bonchev–Trinajstić information content (AvgIpc) is 2.06. The van der Waals surface area contributed by atoms with Crippen molar-refractivity contribution in [2.24, 2.45) is 0 Å². The number of allylic oxidation sites excluding steroid dienone is 1. The Morgan fingerprint density at radius 2 is 2.00 bits per heavy atom. The van der Waals surface area contributed by atoms with Crippen LogP contribution < -0.4 is 5.32 Å². The van der Waals surface area contributed by atoms with Gasteiger partial charge in [0.05, 0.1) is 11.2 Å². The minimum atomic E-state index is -0.176. The SMILES string of the molecule is CC1=CC(C)(C)Nc2c(F)cc(I)cc21. The van der Waals surface area contributed by atoms with E-state index in [2.05, 4.69) is 34.0 Å². The minimum Gasteiger partial charge on any atom is -0.374 e. The highest BCUT2D eigenvalue weighted by atomic mass is 127. The summed E-state index contributed by atoms with van der Waals surface area (Å²) in [5, 5.41) is 3.21. The highest BCUT2D eigenvalue weighted by Crippen LogP contribution is 2.36. The van der Waals surface area contributed by atoms with Crippen molar-refractivity contribution < 1.29 is 4.39 Å². The van der Waals surface area contributed by atoms with Crippen molar-refractivity contribution in [1.82, 2.24) is 0 Å². The summed E-state index contributed by atoms with van der Waals surface area (Å²) in [6.07, 6.45) is 2.13. The van der Waals surface area contributed by atoms with Gasteiger partial charge in [0.1, 0.15) is 5.82 Å². The van der Waals surface area contributed by atoms with Crippen LogP contribution in [0.3, 0.4) is 0 Å². The summed E-state index contributed by atoms with van der Waals surface area (Å²) < 4.78 is 14.7. The fourth-order valence-corrected chi connectivity index (χ4v) is 2.57. The summed E-state index contributed by atoms with van der Waals surface area (Å²) in [6, 6.07) is 3.56. The molecule has 0 saturated heterocycles. The van der Waals surface area contributed by atoms with E-state index in [9.17, 15) is 4.39 Å². The molecular formula is C12H13FIN.